The number of ether oxygens (including phenoxy) is 3. The Morgan fingerprint density at radius 3 is 2.16 bits per heavy atom. The summed E-state index contributed by atoms with van der Waals surface area (Å²) in [4.78, 5) is 19.5. The molecule has 264 valence electrons. The molecule has 11 heteroatoms. The van der Waals surface area contributed by atoms with Gasteiger partial charge in [0.1, 0.15) is 5.75 Å². The SMILES string of the molecule is CC(C)OCCCNNC(=O)[C@@]1(CCS(=O)(=O)c2ccccc2)N=C(c2ccc(OCCCO)cc2)O[C@H]1c1ccc(-c2ccccc2)cc1. The number of hydrogen-bond donors (Lipinski definition) is 3. The van der Waals surface area contributed by atoms with E-state index in [1.807, 2.05) is 68.4 Å². The number of nitrogens with zero attached hydrogens (tertiary/aromatic N) is 1. The molecule has 0 saturated carbocycles. The van der Waals surface area contributed by atoms with Crippen molar-refractivity contribution in [1.29, 1.82) is 0 Å². The summed E-state index contributed by atoms with van der Waals surface area (Å²) in [6.45, 7) is 5.27. The molecule has 1 heterocycles. The van der Waals surface area contributed by atoms with E-state index in [1.165, 1.54) is 0 Å². The van der Waals surface area contributed by atoms with Gasteiger partial charge in [0, 0.05) is 38.2 Å². The summed E-state index contributed by atoms with van der Waals surface area (Å²) in [6, 6.07) is 32.9. The lowest BCUT2D eigenvalue weighted by Gasteiger charge is -2.30. The Morgan fingerprint density at radius 1 is 0.860 bits per heavy atom. The summed E-state index contributed by atoms with van der Waals surface area (Å²) in [5.74, 6) is -0.0380. The fourth-order valence-electron chi connectivity index (χ4n) is 5.62. The van der Waals surface area contributed by atoms with Gasteiger partial charge >= 0.3 is 0 Å². The van der Waals surface area contributed by atoms with Crippen LogP contribution < -0.4 is 15.6 Å². The van der Waals surface area contributed by atoms with Gasteiger partial charge in [-0.05, 0) is 73.4 Å². The zero-order chi connectivity index (χ0) is 35.4. The quantitative estimate of drug-likeness (QED) is 0.0894. The number of hydrogen-bond acceptors (Lipinski definition) is 9. The second-order valence-corrected chi connectivity index (χ2v) is 14.4. The van der Waals surface area contributed by atoms with Crippen LogP contribution in [0.25, 0.3) is 11.1 Å². The number of amides is 1. The van der Waals surface area contributed by atoms with Crippen LogP contribution in [0.3, 0.4) is 0 Å². The number of aliphatic hydroxyl groups excluding tert-OH is 1. The number of carbonyl (C=O) groups excluding carboxylic acids is 1. The zero-order valence-corrected chi connectivity index (χ0v) is 29.3. The molecule has 0 unspecified atom stereocenters. The van der Waals surface area contributed by atoms with E-state index in [2.05, 4.69) is 10.9 Å². The van der Waals surface area contributed by atoms with Crippen LogP contribution in [0, 0.1) is 0 Å². The fraction of sp³-hybridized carbons (Fsp3) is 0.333. The summed E-state index contributed by atoms with van der Waals surface area (Å²) in [5, 5.41) is 9.10. The van der Waals surface area contributed by atoms with Crippen LogP contribution in [0.4, 0.5) is 0 Å². The molecule has 0 aliphatic carbocycles. The highest BCUT2D eigenvalue weighted by atomic mass is 32.2. The zero-order valence-electron chi connectivity index (χ0n) is 28.5. The Labute approximate surface area is 294 Å². The van der Waals surface area contributed by atoms with Crippen LogP contribution in [0.5, 0.6) is 5.75 Å². The molecule has 0 radical (unpaired) electrons. The monoisotopic (exact) mass is 699 g/mol. The molecule has 3 N–H and O–H groups in total. The summed E-state index contributed by atoms with van der Waals surface area (Å²) >= 11 is 0. The van der Waals surface area contributed by atoms with Crippen molar-refractivity contribution in [2.24, 2.45) is 4.99 Å². The van der Waals surface area contributed by atoms with Crippen molar-refractivity contribution in [3.63, 3.8) is 0 Å². The van der Waals surface area contributed by atoms with Crippen molar-refractivity contribution < 1.29 is 32.5 Å². The van der Waals surface area contributed by atoms with Gasteiger partial charge in [-0.25, -0.2) is 18.8 Å². The second-order valence-electron chi connectivity index (χ2n) is 12.3. The Hall–Kier alpha value is -4.55. The minimum atomic E-state index is -3.78. The average Bonchev–Trinajstić information content (AvgIpc) is 3.54. The van der Waals surface area contributed by atoms with E-state index in [0.29, 0.717) is 49.5 Å². The number of nitrogens with one attached hydrogen (secondary N) is 2. The lowest BCUT2D eigenvalue weighted by molar-refractivity contribution is -0.130. The first-order valence-electron chi connectivity index (χ1n) is 16.9. The van der Waals surface area contributed by atoms with Gasteiger partial charge in [-0.1, -0.05) is 72.8 Å². The lowest BCUT2D eigenvalue weighted by atomic mass is 9.84. The van der Waals surface area contributed by atoms with Crippen molar-refractivity contribution >= 4 is 21.6 Å². The maximum absolute atomic E-state index is 14.4. The number of aliphatic hydroxyl groups is 1. The summed E-state index contributed by atoms with van der Waals surface area (Å²) in [6.07, 6.45) is 0.157. The molecule has 0 saturated heterocycles. The second kappa shape index (κ2) is 17.4. The molecule has 0 spiro atoms. The Morgan fingerprint density at radius 2 is 1.50 bits per heavy atom. The molecule has 0 fully saturated rings. The Bertz CT molecular complexity index is 1800. The molecule has 50 heavy (non-hydrogen) atoms. The van der Waals surface area contributed by atoms with Crippen LogP contribution in [-0.4, -0.2) is 69.1 Å². The van der Waals surface area contributed by atoms with E-state index in [0.717, 1.165) is 11.1 Å². The van der Waals surface area contributed by atoms with E-state index in [-0.39, 0.29) is 35.7 Å². The average molecular weight is 700 g/mol. The number of hydrazine groups is 1. The number of rotatable bonds is 18. The standard InChI is InChI=1S/C39H45N3O7S/c1-29(2)47-26-9-24-40-42-38(44)39(23-28-50(45,46)35-13-7-4-8-14-35)36(32-17-15-31(16-18-32)30-11-5-3-6-12-30)49-37(41-39)33-19-21-34(22-20-33)48-27-10-25-43/h3-8,11-22,29,36,40,43H,9-10,23-28H2,1-2H3,(H,42,44)/t36-,39-/m0/s1. The van der Waals surface area contributed by atoms with Crippen molar-refractivity contribution in [3.8, 4) is 16.9 Å². The normalized spacial score (nSPS) is 17.3. The third-order valence-corrected chi connectivity index (χ3v) is 10.0. The molecule has 4 aromatic carbocycles. The Kier molecular flexibility index (Phi) is 12.8. The number of carbonyl (C=O) groups is 1. The van der Waals surface area contributed by atoms with Crippen molar-refractivity contribution in [2.75, 3.05) is 32.1 Å². The van der Waals surface area contributed by atoms with Crippen LogP contribution in [0.2, 0.25) is 0 Å². The van der Waals surface area contributed by atoms with Crippen LogP contribution in [0.1, 0.15) is 50.3 Å². The molecular formula is C39H45N3O7S. The van der Waals surface area contributed by atoms with Gasteiger partial charge in [-0.3, -0.25) is 10.2 Å². The highest BCUT2D eigenvalue weighted by Gasteiger charge is 2.53. The molecule has 2 atom stereocenters. The maximum Gasteiger partial charge on any atom is 0.266 e. The number of sulfone groups is 1. The lowest BCUT2D eigenvalue weighted by Crippen LogP contribution is -2.53. The van der Waals surface area contributed by atoms with Crippen molar-refractivity contribution in [2.45, 2.75) is 55.8 Å². The van der Waals surface area contributed by atoms with Gasteiger partial charge in [0.05, 0.1) is 23.4 Å². The van der Waals surface area contributed by atoms with Gasteiger partial charge in [-0.2, -0.15) is 0 Å². The molecule has 4 aromatic rings. The fourth-order valence-corrected chi connectivity index (χ4v) is 7.00. The molecule has 5 rings (SSSR count). The van der Waals surface area contributed by atoms with Crippen molar-refractivity contribution in [1.82, 2.24) is 10.9 Å². The molecular weight excluding hydrogens is 655 g/mol. The number of benzene rings is 4. The number of aliphatic imine (C=N–C) groups is 1. The first kappa shape index (κ1) is 36.7. The molecule has 0 aromatic heterocycles. The third-order valence-electron chi connectivity index (χ3n) is 8.30. The minimum absolute atomic E-state index is 0.0289. The van der Waals surface area contributed by atoms with E-state index in [9.17, 15) is 13.2 Å². The predicted octanol–water partition coefficient (Wildman–Crippen LogP) is 5.67. The van der Waals surface area contributed by atoms with Crippen LogP contribution >= 0.6 is 0 Å². The van der Waals surface area contributed by atoms with Gasteiger partial charge in [0.2, 0.25) is 5.90 Å². The minimum Gasteiger partial charge on any atom is -0.494 e. The summed E-state index contributed by atoms with van der Waals surface area (Å²) in [5.41, 5.74) is 7.44. The third kappa shape index (κ3) is 9.36. The highest BCUT2D eigenvalue weighted by molar-refractivity contribution is 7.91. The summed E-state index contributed by atoms with van der Waals surface area (Å²) < 4.78 is 45.1. The van der Waals surface area contributed by atoms with Gasteiger partial charge in [0.15, 0.2) is 21.5 Å². The van der Waals surface area contributed by atoms with Crippen LogP contribution in [0.15, 0.2) is 119 Å². The molecule has 10 nitrogen and oxygen atoms in total. The first-order chi connectivity index (χ1) is 24.2. The van der Waals surface area contributed by atoms with E-state index < -0.39 is 27.4 Å². The predicted molar refractivity (Wildman–Crippen MR) is 194 cm³/mol. The summed E-state index contributed by atoms with van der Waals surface area (Å²) in [7, 11) is -3.78. The molecule has 1 aliphatic heterocycles. The van der Waals surface area contributed by atoms with Gasteiger partial charge < -0.3 is 19.3 Å². The van der Waals surface area contributed by atoms with Crippen molar-refractivity contribution in [3.05, 3.63) is 120 Å². The van der Waals surface area contributed by atoms with E-state index in [1.54, 1.807) is 54.6 Å². The van der Waals surface area contributed by atoms with Gasteiger partial charge in [0.25, 0.3) is 5.91 Å². The van der Waals surface area contributed by atoms with E-state index >= 15 is 0 Å². The molecule has 1 aliphatic rings. The molecule has 0 bridgehead atoms. The largest absolute Gasteiger partial charge is 0.494 e. The highest BCUT2D eigenvalue weighted by Crippen LogP contribution is 2.43. The first-order valence-corrected chi connectivity index (χ1v) is 18.6. The van der Waals surface area contributed by atoms with Crippen LogP contribution in [-0.2, 0) is 24.1 Å². The maximum atomic E-state index is 14.4. The van der Waals surface area contributed by atoms with Gasteiger partial charge in [-0.15, -0.1) is 0 Å². The van der Waals surface area contributed by atoms with E-state index in [4.69, 9.17) is 24.3 Å². The Balaban J connectivity index is 1.50. The molecule has 1 amide bonds. The smallest absolute Gasteiger partial charge is 0.266 e. The topological polar surface area (TPSA) is 136 Å².